The fourth-order valence-corrected chi connectivity index (χ4v) is 2.60. The van der Waals surface area contributed by atoms with Crippen LogP contribution in [-0.4, -0.2) is 55.9 Å². The molecule has 10 heteroatoms. The maximum absolute atomic E-state index is 11.5. The van der Waals surface area contributed by atoms with E-state index in [0.717, 1.165) is 5.56 Å². The van der Waals surface area contributed by atoms with Crippen LogP contribution in [0.2, 0.25) is 0 Å². The van der Waals surface area contributed by atoms with E-state index >= 15 is 0 Å². The van der Waals surface area contributed by atoms with Gasteiger partial charge in [-0.25, -0.2) is 9.97 Å². The molecule has 1 aromatic heterocycles. The summed E-state index contributed by atoms with van der Waals surface area (Å²) in [5.74, 6) is 1.64. The van der Waals surface area contributed by atoms with Crippen LogP contribution >= 0.6 is 0 Å². The van der Waals surface area contributed by atoms with Crippen LogP contribution in [0, 0.1) is 10.1 Å². The number of rotatable bonds is 12. The van der Waals surface area contributed by atoms with Crippen molar-refractivity contribution < 1.29 is 19.1 Å². The van der Waals surface area contributed by atoms with E-state index in [-0.39, 0.29) is 17.3 Å². The molecule has 1 aromatic carbocycles. The van der Waals surface area contributed by atoms with Crippen LogP contribution in [0.1, 0.15) is 12.0 Å². The van der Waals surface area contributed by atoms with Crippen molar-refractivity contribution in [1.82, 2.24) is 9.97 Å². The first-order chi connectivity index (χ1) is 13.6. The van der Waals surface area contributed by atoms with Crippen molar-refractivity contribution in [3.8, 4) is 11.5 Å². The van der Waals surface area contributed by atoms with Gasteiger partial charge in [0.15, 0.2) is 11.5 Å². The number of ether oxygens (including phenoxy) is 3. The van der Waals surface area contributed by atoms with Crippen molar-refractivity contribution in [1.29, 1.82) is 0 Å². The maximum atomic E-state index is 11.5. The van der Waals surface area contributed by atoms with Crippen molar-refractivity contribution in [2.24, 2.45) is 0 Å². The summed E-state index contributed by atoms with van der Waals surface area (Å²) >= 11 is 0. The number of hydrogen-bond donors (Lipinski definition) is 2. The Labute approximate surface area is 163 Å². The fraction of sp³-hybridized carbons (Fsp3) is 0.444. The van der Waals surface area contributed by atoms with Gasteiger partial charge in [-0.05, 0) is 30.5 Å². The van der Waals surface area contributed by atoms with Gasteiger partial charge in [-0.15, -0.1) is 0 Å². The van der Waals surface area contributed by atoms with Crippen LogP contribution in [0.3, 0.4) is 0 Å². The largest absolute Gasteiger partial charge is 0.493 e. The first kappa shape index (κ1) is 21.2. The molecule has 1 heterocycles. The molecule has 0 saturated carbocycles. The molecule has 0 unspecified atom stereocenters. The number of anilines is 2. The number of aromatic nitrogens is 2. The Morgan fingerprint density at radius 3 is 2.32 bits per heavy atom. The number of methoxy groups -OCH3 is 3. The standard InChI is InChI=1S/C18H25N5O5/c1-26-10-4-8-19-17-16(23(24)25)18(22-12-21-17)20-9-7-13-5-6-14(27-2)15(11-13)28-3/h5-6,11-12H,4,7-10H2,1-3H3,(H2,19,20,21,22). The van der Waals surface area contributed by atoms with Gasteiger partial charge in [-0.1, -0.05) is 6.07 Å². The Bertz CT molecular complexity index is 787. The molecule has 10 nitrogen and oxygen atoms in total. The Balaban J connectivity index is 2.04. The molecule has 0 fully saturated rings. The van der Waals surface area contributed by atoms with Crippen LogP contribution in [0.25, 0.3) is 0 Å². The highest BCUT2D eigenvalue weighted by atomic mass is 16.6. The molecule has 0 bridgehead atoms. The second kappa shape index (κ2) is 10.9. The van der Waals surface area contributed by atoms with Gasteiger partial charge in [-0.2, -0.15) is 0 Å². The van der Waals surface area contributed by atoms with Crippen LogP contribution in [0.5, 0.6) is 11.5 Å². The zero-order chi connectivity index (χ0) is 20.4. The van der Waals surface area contributed by atoms with E-state index in [2.05, 4.69) is 20.6 Å². The summed E-state index contributed by atoms with van der Waals surface area (Å²) in [5.41, 5.74) is 0.826. The minimum atomic E-state index is -0.489. The lowest BCUT2D eigenvalue weighted by Gasteiger charge is -2.11. The van der Waals surface area contributed by atoms with E-state index in [4.69, 9.17) is 14.2 Å². The van der Waals surface area contributed by atoms with Crippen molar-refractivity contribution in [3.63, 3.8) is 0 Å². The molecule has 0 atom stereocenters. The zero-order valence-electron chi connectivity index (χ0n) is 16.2. The van der Waals surface area contributed by atoms with Gasteiger partial charge in [0, 0.05) is 26.8 Å². The van der Waals surface area contributed by atoms with Gasteiger partial charge in [0.1, 0.15) is 6.33 Å². The molecule has 0 spiro atoms. The van der Waals surface area contributed by atoms with E-state index in [1.807, 2.05) is 18.2 Å². The molecule has 0 amide bonds. The highest BCUT2D eigenvalue weighted by molar-refractivity contribution is 5.69. The Hall–Kier alpha value is -3.14. The Morgan fingerprint density at radius 2 is 1.71 bits per heavy atom. The molecule has 2 N–H and O–H groups in total. The minimum Gasteiger partial charge on any atom is -0.493 e. The molecule has 28 heavy (non-hydrogen) atoms. The Kier molecular flexibility index (Phi) is 8.22. The van der Waals surface area contributed by atoms with Crippen molar-refractivity contribution in [2.45, 2.75) is 12.8 Å². The lowest BCUT2D eigenvalue weighted by Crippen LogP contribution is -2.13. The number of nitrogens with one attached hydrogen (secondary N) is 2. The molecule has 0 aliphatic heterocycles. The predicted octanol–water partition coefficient (Wildman–Crippen LogP) is 2.51. The summed E-state index contributed by atoms with van der Waals surface area (Å²) in [7, 11) is 4.76. The first-order valence-corrected chi connectivity index (χ1v) is 8.77. The lowest BCUT2D eigenvalue weighted by atomic mass is 10.1. The molecular formula is C18H25N5O5. The number of hydrogen-bond acceptors (Lipinski definition) is 9. The maximum Gasteiger partial charge on any atom is 0.353 e. The average Bonchev–Trinajstić information content (AvgIpc) is 2.71. The SMILES string of the molecule is COCCCNc1ncnc(NCCc2ccc(OC)c(OC)c2)c1[N+](=O)[O-]. The summed E-state index contributed by atoms with van der Waals surface area (Å²) in [6, 6.07) is 5.61. The van der Waals surface area contributed by atoms with Crippen LogP contribution in [-0.2, 0) is 11.2 Å². The lowest BCUT2D eigenvalue weighted by molar-refractivity contribution is -0.383. The first-order valence-electron chi connectivity index (χ1n) is 8.77. The topological polar surface area (TPSA) is 121 Å². The summed E-state index contributed by atoms with van der Waals surface area (Å²) in [6.45, 7) is 1.52. The second-order valence-corrected chi connectivity index (χ2v) is 5.82. The third-order valence-electron chi connectivity index (χ3n) is 3.98. The van der Waals surface area contributed by atoms with Gasteiger partial charge in [-0.3, -0.25) is 10.1 Å². The smallest absolute Gasteiger partial charge is 0.353 e. The third-order valence-corrected chi connectivity index (χ3v) is 3.98. The fourth-order valence-electron chi connectivity index (χ4n) is 2.60. The highest BCUT2D eigenvalue weighted by Gasteiger charge is 2.22. The molecule has 2 aromatic rings. The van der Waals surface area contributed by atoms with Crippen molar-refractivity contribution in [2.75, 3.05) is 51.7 Å². The van der Waals surface area contributed by atoms with E-state index in [1.54, 1.807) is 21.3 Å². The van der Waals surface area contributed by atoms with Gasteiger partial charge >= 0.3 is 5.69 Å². The Morgan fingerprint density at radius 1 is 1.04 bits per heavy atom. The molecule has 0 saturated heterocycles. The van der Waals surface area contributed by atoms with Crippen LogP contribution in [0.15, 0.2) is 24.5 Å². The molecule has 0 aliphatic rings. The number of nitro groups is 1. The zero-order valence-corrected chi connectivity index (χ0v) is 16.2. The summed E-state index contributed by atoms with van der Waals surface area (Å²) in [4.78, 5) is 19.0. The summed E-state index contributed by atoms with van der Waals surface area (Å²) in [6.07, 6.45) is 2.63. The normalized spacial score (nSPS) is 10.4. The van der Waals surface area contributed by atoms with E-state index in [9.17, 15) is 10.1 Å². The van der Waals surface area contributed by atoms with E-state index in [1.165, 1.54) is 6.33 Å². The van der Waals surface area contributed by atoms with Crippen LogP contribution in [0.4, 0.5) is 17.3 Å². The van der Waals surface area contributed by atoms with E-state index in [0.29, 0.717) is 44.0 Å². The number of benzene rings is 1. The average molecular weight is 391 g/mol. The monoisotopic (exact) mass is 391 g/mol. The molecule has 152 valence electrons. The van der Waals surface area contributed by atoms with Crippen molar-refractivity contribution >= 4 is 17.3 Å². The van der Waals surface area contributed by atoms with Gasteiger partial charge in [0.25, 0.3) is 0 Å². The number of nitrogens with zero attached hydrogens (tertiary/aromatic N) is 3. The van der Waals surface area contributed by atoms with Crippen molar-refractivity contribution in [3.05, 3.63) is 40.2 Å². The van der Waals surface area contributed by atoms with E-state index < -0.39 is 4.92 Å². The summed E-state index contributed by atoms with van der Waals surface area (Å²) in [5, 5.41) is 17.5. The molecular weight excluding hydrogens is 366 g/mol. The van der Waals surface area contributed by atoms with Gasteiger partial charge < -0.3 is 24.8 Å². The van der Waals surface area contributed by atoms with Gasteiger partial charge in [0.2, 0.25) is 11.6 Å². The third kappa shape index (κ3) is 5.68. The molecule has 0 radical (unpaired) electrons. The second-order valence-electron chi connectivity index (χ2n) is 5.82. The predicted molar refractivity (Wildman–Crippen MR) is 105 cm³/mol. The highest BCUT2D eigenvalue weighted by Crippen LogP contribution is 2.30. The molecule has 2 rings (SSSR count). The summed E-state index contributed by atoms with van der Waals surface area (Å²) < 4.78 is 15.5. The van der Waals surface area contributed by atoms with Gasteiger partial charge in [0.05, 0.1) is 19.1 Å². The van der Waals surface area contributed by atoms with Crippen LogP contribution < -0.4 is 20.1 Å². The quantitative estimate of drug-likeness (QED) is 0.319. The minimum absolute atomic E-state index is 0.174. The molecule has 0 aliphatic carbocycles.